The summed E-state index contributed by atoms with van der Waals surface area (Å²) in [7, 11) is 0. The number of nitrogens with zero attached hydrogens (tertiary/aromatic N) is 1. The predicted octanol–water partition coefficient (Wildman–Crippen LogP) is 2.06. The van der Waals surface area contributed by atoms with Crippen LogP contribution < -0.4 is 5.32 Å². The number of hydrogen-bond acceptors (Lipinski definition) is 4. The standard InChI is InChI=1S/C14H24N2O3/c1-6-14(5,8-17)15-12(18)7-9(2)13-10(3)16-19-11(13)4/h9,17H,6-8H2,1-5H3,(H,15,18)/t9-,14+/m1/s1. The Morgan fingerprint density at radius 2 is 2.16 bits per heavy atom. The first kappa shape index (κ1) is 15.7. The molecule has 1 aromatic rings. The van der Waals surface area contributed by atoms with E-state index in [9.17, 15) is 9.90 Å². The number of aliphatic hydroxyl groups excluding tert-OH is 1. The lowest BCUT2D eigenvalue weighted by molar-refractivity contribution is -0.123. The summed E-state index contributed by atoms with van der Waals surface area (Å²) in [6.07, 6.45) is 1.05. The molecular formula is C14H24N2O3. The molecular weight excluding hydrogens is 244 g/mol. The number of aliphatic hydroxyl groups is 1. The molecule has 1 rings (SSSR count). The van der Waals surface area contributed by atoms with Crippen molar-refractivity contribution in [3.63, 3.8) is 0 Å². The summed E-state index contributed by atoms with van der Waals surface area (Å²) in [6.45, 7) is 9.43. The summed E-state index contributed by atoms with van der Waals surface area (Å²) in [5, 5.41) is 16.1. The lowest BCUT2D eigenvalue weighted by Gasteiger charge is -2.27. The Kier molecular flexibility index (Phi) is 5.11. The van der Waals surface area contributed by atoms with Gasteiger partial charge >= 0.3 is 0 Å². The molecule has 0 spiro atoms. The topological polar surface area (TPSA) is 75.4 Å². The minimum atomic E-state index is -0.546. The first-order chi connectivity index (χ1) is 8.83. The monoisotopic (exact) mass is 268 g/mol. The summed E-state index contributed by atoms with van der Waals surface area (Å²) in [5.74, 6) is 0.746. The summed E-state index contributed by atoms with van der Waals surface area (Å²) >= 11 is 0. The number of carbonyl (C=O) groups excluding carboxylic acids is 1. The molecule has 0 aliphatic rings. The second-order valence-corrected chi connectivity index (χ2v) is 5.46. The van der Waals surface area contributed by atoms with Crippen LogP contribution in [0.1, 0.15) is 56.5 Å². The normalized spacial score (nSPS) is 15.9. The van der Waals surface area contributed by atoms with Crippen LogP contribution in [0.4, 0.5) is 0 Å². The zero-order valence-electron chi connectivity index (χ0n) is 12.4. The van der Waals surface area contributed by atoms with Gasteiger partial charge in [0, 0.05) is 12.0 Å². The quantitative estimate of drug-likeness (QED) is 0.828. The minimum absolute atomic E-state index is 0.0473. The van der Waals surface area contributed by atoms with Crippen molar-refractivity contribution in [2.24, 2.45) is 0 Å². The van der Waals surface area contributed by atoms with E-state index in [0.717, 1.165) is 17.0 Å². The van der Waals surface area contributed by atoms with Crippen molar-refractivity contribution >= 4 is 5.91 Å². The highest BCUT2D eigenvalue weighted by atomic mass is 16.5. The molecule has 5 heteroatoms. The van der Waals surface area contributed by atoms with Crippen LogP contribution in [0.5, 0.6) is 0 Å². The lowest BCUT2D eigenvalue weighted by Crippen LogP contribution is -2.48. The van der Waals surface area contributed by atoms with Gasteiger partial charge in [0.2, 0.25) is 5.91 Å². The molecule has 0 saturated carbocycles. The van der Waals surface area contributed by atoms with Gasteiger partial charge in [-0.15, -0.1) is 0 Å². The second-order valence-electron chi connectivity index (χ2n) is 5.46. The maximum Gasteiger partial charge on any atom is 0.221 e. The van der Waals surface area contributed by atoms with Crippen LogP contribution in [0.25, 0.3) is 0 Å². The molecule has 1 amide bonds. The average Bonchev–Trinajstić information content (AvgIpc) is 2.68. The number of carbonyl (C=O) groups is 1. The van der Waals surface area contributed by atoms with E-state index in [0.29, 0.717) is 12.8 Å². The number of hydrogen-bond donors (Lipinski definition) is 2. The van der Waals surface area contributed by atoms with Crippen molar-refractivity contribution in [1.29, 1.82) is 0 Å². The number of nitrogens with one attached hydrogen (secondary N) is 1. The van der Waals surface area contributed by atoms with Crippen LogP contribution in [0.3, 0.4) is 0 Å². The molecule has 0 fully saturated rings. The number of amides is 1. The summed E-state index contributed by atoms with van der Waals surface area (Å²) < 4.78 is 5.12. The van der Waals surface area contributed by atoms with Crippen molar-refractivity contribution in [3.05, 3.63) is 17.0 Å². The zero-order chi connectivity index (χ0) is 14.6. The Bertz CT molecular complexity index is 416. The molecule has 0 unspecified atom stereocenters. The van der Waals surface area contributed by atoms with Crippen molar-refractivity contribution < 1.29 is 14.4 Å². The van der Waals surface area contributed by atoms with E-state index in [4.69, 9.17) is 4.52 Å². The van der Waals surface area contributed by atoms with Gasteiger partial charge in [0.05, 0.1) is 17.8 Å². The van der Waals surface area contributed by atoms with E-state index in [2.05, 4.69) is 10.5 Å². The summed E-state index contributed by atoms with van der Waals surface area (Å²) in [6, 6.07) is 0. The average molecular weight is 268 g/mol. The molecule has 0 aliphatic carbocycles. The number of rotatable bonds is 6. The molecule has 0 bridgehead atoms. The van der Waals surface area contributed by atoms with Gasteiger partial charge in [-0.05, 0) is 33.1 Å². The highest BCUT2D eigenvalue weighted by Crippen LogP contribution is 2.26. The summed E-state index contributed by atoms with van der Waals surface area (Å²) in [5.41, 5.74) is 1.28. The van der Waals surface area contributed by atoms with Crippen LogP contribution in [0.2, 0.25) is 0 Å². The van der Waals surface area contributed by atoms with Crippen molar-refractivity contribution in [1.82, 2.24) is 10.5 Å². The molecule has 19 heavy (non-hydrogen) atoms. The van der Waals surface area contributed by atoms with E-state index in [1.54, 1.807) is 0 Å². The van der Waals surface area contributed by atoms with Gasteiger partial charge in [0.25, 0.3) is 0 Å². The third kappa shape index (κ3) is 3.80. The fraction of sp³-hybridized carbons (Fsp3) is 0.714. The fourth-order valence-electron chi connectivity index (χ4n) is 2.20. The molecule has 0 radical (unpaired) electrons. The van der Waals surface area contributed by atoms with Gasteiger partial charge in [-0.1, -0.05) is 19.0 Å². The maximum atomic E-state index is 12.0. The fourth-order valence-corrected chi connectivity index (χ4v) is 2.20. The molecule has 0 aliphatic heterocycles. The van der Waals surface area contributed by atoms with Gasteiger partial charge < -0.3 is 14.9 Å². The lowest BCUT2D eigenvalue weighted by atomic mass is 9.94. The Hall–Kier alpha value is -1.36. The van der Waals surface area contributed by atoms with Crippen LogP contribution in [0, 0.1) is 13.8 Å². The van der Waals surface area contributed by atoms with Crippen LogP contribution >= 0.6 is 0 Å². The number of aromatic nitrogens is 1. The van der Waals surface area contributed by atoms with Crippen LogP contribution in [-0.4, -0.2) is 28.3 Å². The highest BCUT2D eigenvalue weighted by Gasteiger charge is 2.25. The molecule has 0 aromatic carbocycles. The smallest absolute Gasteiger partial charge is 0.221 e. The maximum absolute atomic E-state index is 12.0. The Balaban J connectivity index is 2.68. The summed E-state index contributed by atoms with van der Waals surface area (Å²) in [4.78, 5) is 12.0. The van der Waals surface area contributed by atoms with Crippen molar-refractivity contribution in [2.75, 3.05) is 6.61 Å². The van der Waals surface area contributed by atoms with Gasteiger partial charge in [0.15, 0.2) is 0 Å². The molecule has 1 aromatic heterocycles. The van der Waals surface area contributed by atoms with Crippen LogP contribution in [0.15, 0.2) is 4.52 Å². The predicted molar refractivity (Wildman–Crippen MR) is 72.9 cm³/mol. The highest BCUT2D eigenvalue weighted by molar-refractivity contribution is 5.77. The third-order valence-corrected chi connectivity index (χ3v) is 3.64. The Labute approximate surface area is 114 Å². The number of aryl methyl sites for hydroxylation is 2. The SMILES string of the molecule is CC[C@@](C)(CO)NC(=O)C[C@@H](C)c1c(C)noc1C. The largest absolute Gasteiger partial charge is 0.394 e. The molecule has 1 heterocycles. The third-order valence-electron chi connectivity index (χ3n) is 3.64. The van der Waals surface area contributed by atoms with Crippen LogP contribution in [-0.2, 0) is 4.79 Å². The van der Waals surface area contributed by atoms with Gasteiger partial charge in [0.1, 0.15) is 5.76 Å². The first-order valence-corrected chi connectivity index (χ1v) is 6.67. The van der Waals surface area contributed by atoms with Gasteiger partial charge in [-0.2, -0.15) is 0 Å². The molecule has 2 atom stereocenters. The van der Waals surface area contributed by atoms with E-state index >= 15 is 0 Å². The minimum Gasteiger partial charge on any atom is -0.394 e. The zero-order valence-corrected chi connectivity index (χ0v) is 12.4. The molecule has 5 nitrogen and oxygen atoms in total. The Morgan fingerprint density at radius 3 is 2.58 bits per heavy atom. The van der Waals surface area contributed by atoms with Gasteiger partial charge in [-0.3, -0.25) is 4.79 Å². The van der Waals surface area contributed by atoms with Crippen molar-refractivity contribution in [2.45, 2.75) is 58.9 Å². The molecule has 0 saturated heterocycles. The van der Waals surface area contributed by atoms with E-state index in [1.807, 2.05) is 34.6 Å². The first-order valence-electron chi connectivity index (χ1n) is 6.67. The van der Waals surface area contributed by atoms with E-state index in [1.165, 1.54) is 0 Å². The van der Waals surface area contributed by atoms with E-state index < -0.39 is 5.54 Å². The second kappa shape index (κ2) is 6.19. The Morgan fingerprint density at radius 1 is 1.53 bits per heavy atom. The van der Waals surface area contributed by atoms with Crippen molar-refractivity contribution in [3.8, 4) is 0 Å². The molecule has 2 N–H and O–H groups in total. The van der Waals surface area contributed by atoms with E-state index in [-0.39, 0.29) is 18.4 Å². The van der Waals surface area contributed by atoms with Gasteiger partial charge in [-0.25, -0.2) is 0 Å². The molecule has 108 valence electrons.